The van der Waals surface area contributed by atoms with Gasteiger partial charge in [-0.2, -0.15) is 0 Å². The number of carbonyl (C=O) groups is 1. The molecule has 0 aromatic carbocycles. The Labute approximate surface area is 195 Å². The second-order valence-electron chi connectivity index (χ2n) is 7.70. The number of hydrogen-bond acceptors (Lipinski definition) is 4. The van der Waals surface area contributed by atoms with Crippen molar-refractivity contribution in [3.8, 4) is 0 Å². The summed E-state index contributed by atoms with van der Waals surface area (Å²) in [4.78, 5) is 17.2. The van der Waals surface area contributed by atoms with E-state index in [1.54, 1.807) is 0 Å². The molecule has 0 heterocycles. The normalized spacial score (nSPS) is 22.6. The van der Waals surface area contributed by atoms with E-state index in [0.29, 0.717) is 0 Å². The van der Waals surface area contributed by atoms with Gasteiger partial charge in [0.15, 0.2) is 0 Å². The summed E-state index contributed by atoms with van der Waals surface area (Å²) >= 11 is 0.0455. The van der Waals surface area contributed by atoms with Crippen LogP contribution in [0.3, 0.4) is 0 Å². The third-order valence-corrected chi connectivity index (χ3v) is 25.0. The van der Waals surface area contributed by atoms with Crippen LogP contribution in [-0.2, 0) is 9.57 Å². The van der Waals surface area contributed by atoms with E-state index in [9.17, 15) is 4.79 Å². The molecule has 0 saturated heterocycles. The third kappa shape index (κ3) is 7.86. The monoisotopic (exact) mass is 719 g/mol. The van der Waals surface area contributed by atoms with Crippen LogP contribution in [0, 0.1) is 5.92 Å². The number of alkyl halides is 6. The molecule has 3 rings (SSSR count). The molecule has 3 N–H and O–H groups in total. The first-order valence-corrected chi connectivity index (χ1v) is 17.6. The zero-order valence-electron chi connectivity index (χ0n) is 16.1. The van der Waals surface area contributed by atoms with Crippen molar-refractivity contribution in [2.24, 2.45) is 11.8 Å². The number of hydrogen-bond donors (Lipinski definition) is 2. The molecule has 3 saturated carbocycles. The van der Waals surface area contributed by atoms with Crippen LogP contribution >= 0.6 is 0 Å². The van der Waals surface area contributed by atoms with Gasteiger partial charge in [0.25, 0.3) is 0 Å². The van der Waals surface area contributed by atoms with E-state index >= 15 is 0 Å². The van der Waals surface area contributed by atoms with Gasteiger partial charge in [0, 0.05) is 0 Å². The van der Waals surface area contributed by atoms with E-state index in [0.717, 1.165) is 13.8 Å². The SMILES string of the molecule is NOCCOC(=O)NC([I-]CC1CCC1)([I-]C1CCCC1)[I-]C1CCCC1. The maximum absolute atomic E-state index is 12.6. The van der Waals surface area contributed by atoms with Crippen LogP contribution in [-0.4, -0.2) is 31.1 Å². The van der Waals surface area contributed by atoms with Crippen molar-refractivity contribution in [3.63, 3.8) is 0 Å². The fourth-order valence-corrected chi connectivity index (χ4v) is 26.9. The Hall–Kier alpha value is 1.38. The number of nitrogens with one attached hydrogen (secondary N) is 1. The van der Waals surface area contributed by atoms with Gasteiger partial charge in [-0.3, -0.25) is 0 Å². The van der Waals surface area contributed by atoms with Gasteiger partial charge in [-0.25, -0.2) is 0 Å². The Balaban J connectivity index is 1.66. The van der Waals surface area contributed by atoms with E-state index in [4.69, 9.17) is 10.6 Å². The van der Waals surface area contributed by atoms with Gasteiger partial charge in [-0.05, 0) is 0 Å². The van der Waals surface area contributed by atoms with Crippen LogP contribution < -0.4 is 74.8 Å². The molecular formula is C19H34I3N2O3-3. The molecule has 3 aliphatic rings. The van der Waals surface area contributed by atoms with E-state index in [1.165, 1.54) is 75.1 Å². The van der Waals surface area contributed by atoms with Crippen LogP contribution in [0.15, 0.2) is 0 Å². The number of amides is 1. The van der Waals surface area contributed by atoms with Crippen LogP contribution in [0.2, 0.25) is 0 Å². The predicted octanol–water partition coefficient (Wildman–Crippen LogP) is -5.83. The zero-order valence-corrected chi connectivity index (χ0v) is 22.5. The zero-order chi connectivity index (χ0) is 19.0. The molecule has 0 bridgehead atoms. The van der Waals surface area contributed by atoms with Gasteiger partial charge < -0.3 is 0 Å². The molecule has 0 atom stereocenters. The molecule has 8 heteroatoms. The molecular weight excluding hydrogens is 685 g/mol. The van der Waals surface area contributed by atoms with Crippen molar-refractivity contribution in [3.05, 3.63) is 0 Å². The second-order valence-corrected chi connectivity index (χ2v) is 25.2. The Kier molecular flexibility index (Phi) is 10.5. The molecule has 0 aromatic heterocycles. The second kappa shape index (κ2) is 12.3. The summed E-state index contributed by atoms with van der Waals surface area (Å²) in [7, 11) is 0. The van der Waals surface area contributed by atoms with Crippen molar-refractivity contribution in [2.75, 3.05) is 17.6 Å². The van der Waals surface area contributed by atoms with Gasteiger partial charge in [0.05, 0.1) is 0 Å². The Bertz CT molecular complexity index is 435. The summed E-state index contributed by atoms with van der Waals surface area (Å²) in [6, 6.07) is 0. The van der Waals surface area contributed by atoms with Crippen LogP contribution in [0.4, 0.5) is 4.79 Å². The summed E-state index contributed by atoms with van der Waals surface area (Å²) in [6.45, 7) is 0.524. The molecule has 5 nitrogen and oxygen atoms in total. The molecule has 3 aliphatic carbocycles. The van der Waals surface area contributed by atoms with E-state index in [1.807, 2.05) is 0 Å². The summed E-state index contributed by atoms with van der Waals surface area (Å²) in [5, 5.41) is 3.54. The van der Waals surface area contributed by atoms with Crippen molar-refractivity contribution in [1.82, 2.24) is 5.32 Å². The molecule has 0 unspecified atom stereocenters. The first kappa shape index (κ1) is 23.1. The van der Waals surface area contributed by atoms with Crippen LogP contribution in [0.1, 0.15) is 70.6 Å². The van der Waals surface area contributed by atoms with Crippen molar-refractivity contribution < 1.29 is 78.0 Å². The Morgan fingerprint density at radius 2 is 1.52 bits per heavy atom. The summed E-state index contributed by atoms with van der Waals surface area (Å²) in [5.41, 5.74) is 0. The molecule has 0 aromatic rings. The molecule has 162 valence electrons. The van der Waals surface area contributed by atoms with Gasteiger partial charge in [0.2, 0.25) is 0 Å². The predicted molar refractivity (Wildman–Crippen MR) is 94.1 cm³/mol. The van der Waals surface area contributed by atoms with E-state index < -0.39 is 0 Å². The molecule has 1 amide bonds. The third-order valence-electron chi connectivity index (χ3n) is 5.52. The fourth-order valence-electron chi connectivity index (χ4n) is 3.72. The van der Waals surface area contributed by atoms with Gasteiger partial charge in [-0.1, -0.05) is 0 Å². The van der Waals surface area contributed by atoms with Gasteiger partial charge in [0.1, 0.15) is 0 Å². The topological polar surface area (TPSA) is 73.6 Å². The first-order chi connectivity index (χ1) is 13.2. The maximum atomic E-state index is 12.6. The summed E-state index contributed by atoms with van der Waals surface area (Å²) in [5.74, 6) is 6.03. The number of rotatable bonds is 11. The minimum absolute atomic E-state index is 0.0141. The van der Waals surface area contributed by atoms with E-state index in [2.05, 4.69) is 10.2 Å². The first-order valence-electron chi connectivity index (χ1n) is 10.3. The summed E-state index contributed by atoms with van der Waals surface area (Å²) < 4.78 is 8.94. The van der Waals surface area contributed by atoms with Crippen LogP contribution in [0.5, 0.6) is 0 Å². The Morgan fingerprint density at radius 3 is 2.00 bits per heavy atom. The average molecular weight is 719 g/mol. The van der Waals surface area contributed by atoms with Gasteiger partial charge >= 0.3 is 197 Å². The number of alkyl carbamates (subject to hydrolysis) is 1. The molecule has 0 aliphatic heterocycles. The summed E-state index contributed by atoms with van der Waals surface area (Å²) in [6.07, 6.45) is 15.3. The number of nitrogens with two attached hydrogens (primary N) is 1. The van der Waals surface area contributed by atoms with E-state index in [-0.39, 0.29) is 82.5 Å². The Morgan fingerprint density at radius 1 is 0.926 bits per heavy atom. The number of halogens is 3. The minimum atomic E-state index is -0.198. The average Bonchev–Trinajstić information content (AvgIpc) is 3.27. The molecule has 3 fully saturated rings. The number of ether oxygens (including phenoxy) is 1. The van der Waals surface area contributed by atoms with Crippen molar-refractivity contribution in [1.29, 1.82) is 0 Å². The quantitative estimate of drug-likeness (QED) is 0.0735. The van der Waals surface area contributed by atoms with Crippen LogP contribution in [0.25, 0.3) is 0 Å². The fraction of sp³-hybridized carbons (Fsp3) is 0.947. The van der Waals surface area contributed by atoms with Gasteiger partial charge in [-0.15, -0.1) is 0 Å². The molecule has 0 spiro atoms. The molecule has 0 radical (unpaired) electrons. The standard InChI is InChI=1S/C19H34I3N2O3/c23-27-13-12-26-18(25)24-19(20-14-15-6-5-7-15,21-16-8-1-2-9-16)22-17-10-3-4-11-17/h15-17H,1-14,23H2,(H,24,25)/q-3. The number of carbonyl (C=O) groups excluding carboxylic acids is 1. The van der Waals surface area contributed by atoms with Crippen molar-refractivity contribution >= 4 is 6.09 Å². The molecule has 27 heavy (non-hydrogen) atoms. The van der Waals surface area contributed by atoms with Crippen molar-refractivity contribution in [2.45, 2.75) is 78.0 Å².